The third-order valence-electron chi connectivity index (χ3n) is 4.48. The van der Waals surface area contributed by atoms with Crippen molar-refractivity contribution in [3.8, 4) is 0 Å². The van der Waals surface area contributed by atoms with Crippen molar-refractivity contribution in [2.75, 3.05) is 0 Å². The van der Waals surface area contributed by atoms with Crippen molar-refractivity contribution in [3.63, 3.8) is 0 Å². The van der Waals surface area contributed by atoms with Gasteiger partial charge in [0.05, 0.1) is 0 Å². The van der Waals surface area contributed by atoms with Crippen molar-refractivity contribution in [1.82, 2.24) is 0 Å². The molecule has 1 unspecified atom stereocenters. The number of hydrogen-bond acceptors (Lipinski definition) is 2. The second kappa shape index (κ2) is 15.8. The molecule has 0 fully saturated rings. The van der Waals surface area contributed by atoms with Gasteiger partial charge in [-0.3, -0.25) is 0 Å². The highest BCUT2D eigenvalue weighted by molar-refractivity contribution is 5.85. The molecule has 0 heterocycles. The Morgan fingerprint density at radius 2 is 1.39 bits per heavy atom. The molecule has 0 spiro atoms. The maximum Gasteiger partial charge on any atom is 0.330 e. The van der Waals surface area contributed by atoms with Crippen molar-refractivity contribution in [1.29, 1.82) is 0 Å². The molecule has 0 rings (SSSR count). The second-order valence-electron chi connectivity index (χ2n) is 6.67. The lowest BCUT2D eigenvalue weighted by Crippen LogP contribution is -2.02. The molecule has 0 aliphatic carbocycles. The van der Waals surface area contributed by atoms with Crippen LogP contribution in [0.2, 0.25) is 0 Å². The van der Waals surface area contributed by atoms with Gasteiger partial charge in [-0.25, -0.2) is 4.79 Å². The summed E-state index contributed by atoms with van der Waals surface area (Å²) in [6, 6.07) is 0. The molecule has 3 heteroatoms. The first-order chi connectivity index (χ1) is 11.1. The summed E-state index contributed by atoms with van der Waals surface area (Å²) >= 11 is 0. The zero-order chi connectivity index (χ0) is 17.3. The van der Waals surface area contributed by atoms with Crippen LogP contribution in [-0.4, -0.2) is 17.4 Å². The highest BCUT2D eigenvalue weighted by atomic mass is 16.4. The lowest BCUT2D eigenvalue weighted by Gasteiger charge is -2.10. The zero-order valence-electron chi connectivity index (χ0n) is 15.0. The van der Waals surface area contributed by atoms with Crippen LogP contribution in [0.5, 0.6) is 0 Å². The maximum absolute atomic E-state index is 11.1. The lowest BCUT2D eigenvalue weighted by atomic mass is 9.95. The highest BCUT2D eigenvalue weighted by Crippen LogP contribution is 2.17. The summed E-state index contributed by atoms with van der Waals surface area (Å²) in [6.45, 7) is 5.76. The fraction of sp³-hybridized carbons (Fsp3) is 0.800. The van der Waals surface area contributed by atoms with Crippen LogP contribution in [0.4, 0.5) is 0 Å². The summed E-state index contributed by atoms with van der Waals surface area (Å²) in [5.74, 6) is -0.616. The van der Waals surface area contributed by atoms with E-state index in [1.54, 1.807) is 0 Å². The average molecular weight is 325 g/mol. The number of unbranched alkanes of at least 4 members (excludes halogenated alkanes) is 9. The van der Waals surface area contributed by atoms with Crippen LogP contribution in [0, 0.1) is 5.92 Å². The standard InChI is InChI=1S/C20H36O3/c1-3-4-5-8-12-15-19(17-21)16-13-10-7-6-9-11-14-18(2)20(22)23/h17,19H,2-16H2,1H3,(H,22,23). The number of carboxylic acid groups (broad SMARTS) is 1. The van der Waals surface area contributed by atoms with Gasteiger partial charge in [-0.05, 0) is 25.7 Å². The minimum Gasteiger partial charge on any atom is -0.478 e. The molecule has 0 amide bonds. The summed E-state index contributed by atoms with van der Waals surface area (Å²) in [5, 5.41) is 8.71. The monoisotopic (exact) mass is 324 g/mol. The quantitative estimate of drug-likeness (QED) is 0.205. The van der Waals surface area contributed by atoms with Crippen LogP contribution >= 0.6 is 0 Å². The molecule has 0 saturated carbocycles. The third-order valence-corrected chi connectivity index (χ3v) is 4.48. The first kappa shape index (κ1) is 21.9. The Kier molecular flexibility index (Phi) is 15.0. The molecule has 134 valence electrons. The topological polar surface area (TPSA) is 54.4 Å². The van der Waals surface area contributed by atoms with E-state index in [-0.39, 0.29) is 5.92 Å². The Bertz CT molecular complexity index is 323. The van der Waals surface area contributed by atoms with E-state index in [9.17, 15) is 9.59 Å². The number of carbonyl (C=O) groups excluding carboxylic acids is 1. The Balaban J connectivity index is 3.42. The Hall–Kier alpha value is -1.12. The number of aliphatic carboxylic acids is 1. The molecule has 0 saturated heterocycles. The third kappa shape index (κ3) is 14.2. The first-order valence-electron chi connectivity index (χ1n) is 9.48. The van der Waals surface area contributed by atoms with E-state index in [0.717, 1.165) is 44.8 Å². The van der Waals surface area contributed by atoms with Gasteiger partial charge in [0.15, 0.2) is 0 Å². The van der Waals surface area contributed by atoms with Gasteiger partial charge in [0.25, 0.3) is 0 Å². The van der Waals surface area contributed by atoms with Gasteiger partial charge in [0, 0.05) is 11.5 Å². The SMILES string of the molecule is C=C(CCCCCCCCC(C=O)CCCCCCC)C(=O)O. The van der Waals surface area contributed by atoms with Crippen LogP contribution in [0.3, 0.4) is 0 Å². The predicted molar refractivity (Wildman–Crippen MR) is 96.6 cm³/mol. The minimum atomic E-state index is -0.875. The van der Waals surface area contributed by atoms with Crippen molar-refractivity contribution in [2.45, 2.75) is 96.8 Å². The summed E-state index contributed by atoms with van der Waals surface area (Å²) in [5.41, 5.74) is 0.317. The number of hydrogen-bond donors (Lipinski definition) is 1. The molecule has 23 heavy (non-hydrogen) atoms. The molecule has 0 bridgehead atoms. The molecular formula is C20H36O3. The van der Waals surface area contributed by atoms with E-state index < -0.39 is 5.97 Å². The Labute approximate surface area is 142 Å². The zero-order valence-corrected chi connectivity index (χ0v) is 15.0. The smallest absolute Gasteiger partial charge is 0.330 e. The van der Waals surface area contributed by atoms with E-state index in [1.165, 1.54) is 44.9 Å². The van der Waals surface area contributed by atoms with E-state index in [0.29, 0.717) is 12.0 Å². The van der Waals surface area contributed by atoms with Gasteiger partial charge in [0.2, 0.25) is 0 Å². The van der Waals surface area contributed by atoms with Gasteiger partial charge < -0.3 is 9.90 Å². The largest absolute Gasteiger partial charge is 0.478 e. The summed E-state index contributed by atoms with van der Waals surface area (Å²) < 4.78 is 0. The lowest BCUT2D eigenvalue weighted by molar-refractivity contribution is -0.132. The molecule has 0 aromatic carbocycles. The highest BCUT2D eigenvalue weighted by Gasteiger charge is 2.07. The molecule has 0 aliphatic heterocycles. The van der Waals surface area contributed by atoms with Gasteiger partial charge in [-0.2, -0.15) is 0 Å². The molecular weight excluding hydrogens is 288 g/mol. The average Bonchev–Trinajstić information content (AvgIpc) is 2.54. The van der Waals surface area contributed by atoms with Gasteiger partial charge in [-0.1, -0.05) is 77.7 Å². The van der Waals surface area contributed by atoms with E-state index in [1.807, 2.05) is 0 Å². The predicted octanol–water partition coefficient (Wildman–Crippen LogP) is 5.92. The number of aldehydes is 1. The molecule has 0 aromatic heterocycles. The van der Waals surface area contributed by atoms with Crippen LogP contribution in [0.25, 0.3) is 0 Å². The normalized spacial score (nSPS) is 12.0. The van der Waals surface area contributed by atoms with E-state index in [2.05, 4.69) is 13.5 Å². The first-order valence-corrected chi connectivity index (χ1v) is 9.48. The molecule has 0 aliphatic rings. The summed E-state index contributed by atoms with van der Waals surface area (Å²) in [6.07, 6.45) is 16.8. The molecule has 1 atom stereocenters. The van der Waals surface area contributed by atoms with Gasteiger partial charge in [0.1, 0.15) is 6.29 Å². The van der Waals surface area contributed by atoms with Crippen LogP contribution in [0.1, 0.15) is 96.8 Å². The number of carboxylic acids is 1. The fourth-order valence-electron chi connectivity index (χ4n) is 2.85. The Morgan fingerprint density at radius 1 is 0.913 bits per heavy atom. The molecule has 1 N–H and O–H groups in total. The minimum absolute atomic E-state index is 0.260. The van der Waals surface area contributed by atoms with Gasteiger partial charge in [-0.15, -0.1) is 0 Å². The van der Waals surface area contributed by atoms with Gasteiger partial charge >= 0.3 is 5.97 Å². The summed E-state index contributed by atoms with van der Waals surface area (Å²) in [7, 11) is 0. The van der Waals surface area contributed by atoms with Crippen LogP contribution in [-0.2, 0) is 9.59 Å². The number of rotatable bonds is 17. The van der Waals surface area contributed by atoms with E-state index >= 15 is 0 Å². The second-order valence-corrected chi connectivity index (χ2v) is 6.67. The number of carbonyl (C=O) groups is 2. The van der Waals surface area contributed by atoms with E-state index in [4.69, 9.17) is 5.11 Å². The maximum atomic E-state index is 11.1. The van der Waals surface area contributed by atoms with Crippen LogP contribution in [0.15, 0.2) is 12.2 Å². The van der Waals surface area contributed by atoms with Crippen molar-refractivity contribution < 1.29 is 14.7 Å². The van der Waals surface area contributed by atoms with Crippen molar-refractivity contribution in [2.24, 2.45) is 5.92 Å². The Morgan fingerprint density at radius 3 is 1.87 bits per heavy atom. The fourth-order valence-corrected chi connectivity index (χ4v) is 2.85. The van der Waals surface area contributed by atoms with Crippen LogP contribution < -0.4 is 0 Å². The molecule has 0 aromatic rings. The molecule has 3 nitrogen and oxygen atoms in total. The van der Waals surface area contributed by atoms with Crippen molar-refractivity contribution >= 4 is 12.3 Å². The van der Waals surface area contributed by atoms with Crippen molar-refractivity contribution in [3.05, 3.63) is 12.2 Å². The summed E-state index contributed by atoms with van der Waals surface area (Å²) in [4.78, 5) is 21.7. The molecule has 0 radical (unpaired) electrons.